The van der Waals surface area contributed by atoms with Gasteiger partial charge in [0.2, 0.25) is 0 Å². The summed E-state index contributed by atoms with van der Waals surface area (Å²) in [5, 5.41) is 13.2. The lowest BCUT2D eigenvalue weighted by Gasteiger charge is -2.41. The van der Waals surface area contributed by atoms with Crippen LogP contribution in [0.5, 0.6) is 0 Å². The van der Waals surface area contributed by atoms with Crippen LogP contribution < -0.4 is 5.32 Å². The van der Waals surface area contributed by atoms with Crippen LogP contribution in [0.25, 0.3) is 0 Å². The van der Waals surface area contributed by atoms with E-state index < -0.39 is 0 Å². The Morgan fingerprint density at radius 3 is 2.48 bits per heavy atom. The van der Waals surface area contributed by atoms with Gasteiger partial charge in [0, 0.05) is 32.3 Å². The van der Waals surface area contributed by atoms with Crippen molar-refractivity contribution in [2.75, 3.05) is 32.8 Å². The van der Waals surface area contributed by atoms with E-state index >= 15 is 0 Å². The first-order valence-electron chi connectivity index (χ1n) is 9.20. The molecule has 1 saturated heterocycles. The highest BCUT2D eigenvalue weighted by Gasteiger charge is 2.34. The molecule has 0 spiro atoms. The highest BCUT2D eigenvalue weighted by Crippen LogP contribution is 2.36. The lowest BCUT2D eigenvalue weighted by atomic mass is 9.78. The van der Waals surface area contributed by atoms with Crippen molar-refractivity contribution in [3.63, 3.8) is 0 Å². The molecule has 3 nitrogen and oxygen atoms in total. The summed E-state index contributed by atoms with van der Waals surface area (Å²) in [4.78, 5) is 2.65. The smallest absolute Gasteiger partial charge is 0.0471 e. The second-order valence-electron chi connectivity index (χ2n) is 7.88. The van der Waals surface area contributed by atoms with Crippen molar-refractivity contribution in [3.05, 3.63) is 0 Å². The number of piperidine rings is 1. The fraction of sp³-hybridized carbons (Fsp3) is 1.00. The van der Waals surface area contributed by atoms with E-state index in [1.165, 1.54) is 71.0 Å². The van der Waals surface area contributed by atoms with Crippen molar-refractivity contribution in [1.82, 2.24) is 10.2 Å². The van der Waals surface area contributed by atoms with E-state index in [-0.39, 0.29) is 0 Å². The number of nitrogens with one attached hydrogen (secondary N) is 1. The molecule has 2 fully saturated rings. The topological polar surface area (TPSA) is 35.5 Å². The monoisotopic (exact) mass is 296 g/mol. The molecule has 2 aliphatic rings. The summed E-state index contributed by atoms with van der Waals surface area (Å²) >= 11 is 0. The zero-order valence-corrected chi connectivity index (χ0v) is 14.2. The van der Waals surface area contributed by atoms with Crippen LogP contribution in [-0.4, -0.2) is 48.8 Å². The summed E-state index contributed by atoms with van der Waals surface area (Å²) in [6.45, 7) is 9.64. The molecule has 0 aromatic heterocycles. The SMILES string of the molecule is CC(C)NCC1(CN2CCCC(CO)C2)CCCCCC1. The average molecular weight is 296 g/mol. The second-order valence-corrected chi connectivity index (χ2v) is 7.88. The number of aliphatic hydroxyl groups excluding tert-OH is 1. The van der Waals surface area contributed by atoms with Gasteiger partial charge in [0.25, 0.3) is 0 Å². The van der Waals surface area contributed by atoms with Gasteiger partial charge >= 0.3 is 0 Å². The third-order valence-corrected chi connectivity index (χ3v) is 5.47. The quantitative estimate of drug-likeness (QED) is 0.740. The summed E-state index contributed by atoms with van der Waals surface area (Å²) in [6.07, 6.45) is 10.9. The summed E-state index contributed by atoms with van der Waals surface area (Å²) in [7, 11) is 0. The van der Waals surface area contributed by atoms with Gasteiger partial charge < -0.3 is 15.3 Å². The van der Waals surface area contributed by atoms with Crippen molar-refractivity contribution >= 4 is 0 Å². The third kappa shape index (κ3) is 5.54. The van der Waals surface area contributed by atoms with Crippen molar-refractivity contribution in [1.29, 1.82) is 0 Å². The molecule has 3 heteroatoms. The first kappa shape index (κ1) is 17.2. The largest absolute Gasteiger partial charge is 0.396 e. The molecule has 1 aliphatic heterocycles. The van der Waals surface area contributed by atoms with E-state index in [4.69, 9.17) is 0 Å². The van der Waals surface area contributed by atoms with Crippen LogP contribution >= 0.6 is 0 Å². The fourth-order valence-electron chi connectivity index (χ4n) is 4.21. The summed E-state index contributed by atoms with van der Waals surface area (Å²) in [5.41, 5.74) is 0.470. The maximum atomic E-state index is 9.46. The van der Waals surface area contributed by atoms with Gasteiger partial charge in [-0.2, -0.15) is 0 Å². The Balaban J connectivity index is 1.96. The zero-order valence-electron chi connectivity index (χ0n) is 14.2. The van der Waals surface area contributed by atoms with Crippen LogP contribution in [0.3, 0.4) is 0 Å². The normalized spacial score (nSPS) is 27.7. The maximum Gasteiger partial charge on any atom is 0.0471 e. The Kier molecular flexibility index (Phi) is 6.97. The van der Waals surface area contributed by atoms with Gasteiger partial charge in [0.1, 0.15) is 0 Å². The van der Waals surface area contributed by atoms with Crippen LogP contribution in [0.1, 0.15) is 65.2 Å². The standard InChI is InChI=1S/C18H36N2O/c1-16(2)19-14-18(9-5-3-4-6-10-18)15-20-11-7-8-17(12-20)13-21/h16-17,19,21H,3-15H2,1-2H3. The minimum Gasteiger partial charge on any atom is -0.396 e. The van der Waals surface area contributed by atoms with E-state index in [1.807, 2.05) is 0 Å². The predicted molar refractivity (Wildman–Crippen MR) is 89.5 cm³/mol. The highest BCUT2D eigenvalue weighted by molar-refractivity contribution is 4.89. The van der Waals surface area contributed by atoms with Gasteiger partial charge in [-0.25, -0.2) is 0 Å². The first-order valence-corrected chi connectivity index (χ1v) is 9.20. The molecule has 2 N–H and O–H groups in total. The Bertz CT molecular complexity index is 285. The molecule has 0 radical (unpaired) electrons. The lowest BCUT2D eigenvalue weighted by Crippen LogP contribution is -2.48. The van der Waals surface area contributed by atoms with E-state index in [2.05, 4.69) is 24.1 Å². The molecular weight excluding hydrogens is 260 g/mol. The molecule has 2 rings (SSSR count). The maximum absolute atomic E-state index is 9.46. The second kappa shape index (κ2) is 8.50. The van der Waals surface area contributed by atoms with Crippen molar-refractivity contribution < 1.29 is 5.11 Å². The van der Waals surface area contributed by atoms with E-state index in [0.29, 0.717) is 24.0 Å². The van der Waals surface area contributed by atoms with Crippen LogP contribution in [-0.2, 0) is 0 Å². The molecule has 21 heavy (non-hydrogen) atoms. The molecule has 1 atom stereocenters. The van der Waals surface area contributed by atoms with Gasteiger partial charge in [0.15, 0.2) is 0 Å². The van der Waals surface area contributed by atoms with Gasteiger partial charge in [-0.1, -0.05) is 39.5 Å². The molecule has 0 aromatic carbocycles. The van der Waals surface area contributed by atoms with Crippen molar-refractivity contribution in [2.45, 2.75) is 71.3 Å². The number of nitrogens with zero attached hydrogens (tertiary/aromatic N) is 1. The van der Waals surface area contributed by atoms with E-state index in [9.17, 15) is 5.11 Å². The molecule has 0 aromatic rings. The summed E-state index contributed by atoms with van der Waals surface area (Å²) < 4.78 is 0. The minimum absolute atomic E-state index is 0.369. The van der Waals surface area contributed by atoms with Crippen molar-refractivity contribution in [3.8, 4) is 0 Å². The molecule has 0 amide bonds. The average Bonchev–Trinajstić information content (AvgIpc) is 2.71. The predicted octanol–water partition coefficient (Wildman–Crippen LogP) is 3.03. The number of likely N-dealkylation sites (tertiary alicyclic amines) is 1. The highest BCUT2D eigenvalue weighted by atomic mass is 16.3. The Morgan fingerprint density at radius 2 is 1.86 bits per heavy atom. The molecule has 124 valence electrons. The zero-order chi connectivity index (χ0) is 15.1. The lowest BCUT2D eigenvalue weighted by molar-refractivity contribution is 0.0681. The number of hydrogen-bond acceptors (Lipinski definition) is 3. The Hall–Kier alpha value is -0.120. The van der Waals surface area contributed by atoms with Crippen LogP contribution in [0.4, 0.5) is 0 Å². The Morgan fingerprint density at radius 1 is 1.14 bits per heavy atom. The van der Waals surface area contributed by atoms with E-state index in [0.717, 1.165) is 6.54 Å². The molecule has 1 unspecified atom stereocenters. The van der Waals surface area contributed by atoms with Crippen molar-refractivity contribution in [2.24, 2.45) is 11.3 Å². The number of aliphatic hydroxyl groups is 1. The molecular formula is C18H36N2O. The Labute approximate surface area is 131 Å². The molecule has 1 heterocycles. The molecule has 1 aliphatic carbocycles. The third-order valence-electron chi connectivity index (χ3n) is 5.47. The van der Waals surface area contributed by atoms with Crippen LogP contribution in [0.15, 0.2) is 0 Å². The van der Waals surface area contributed by atoms with E-state index in [1.54, 1.807) is 0 Å². The van der Waals surface area contributed by atoms with Crippen LogP contribution in [0.2, 0.25) is 0 Å². The van der Waals surface area contributed by atoms with Gasteiger partial charge in [0.05, 0.1) is 0 Å². The number of rotatable bonds is 6. The van der Waals surface area contributed by atoms with Gasteiger partial charge in [-0.3, -0.25) is 0 Å². The summed E-state index contributed by atoms with van der Waals surface area (Å²) in [6, 6.07) is 0.580. The van der Waals surface area contributed by atoms with Gasteiger partial charge in [-0.15, -0.1) is 0 Å². The molecule has 1 saturated carbocycles. The first-order chi connectivity index (χ1) is 10.1. The van der Waals surface area contributed by atoms with Gasteiger partial charge in [-0.05, 0) is 43.6 Å². The fourth-order valence-corrected chi connectivity index (χ4v) is 4.21. The summed E-state index contributed by atoms with van der Waals surface area (Å²) in [5.74, 6) is 0.514. The van der Waals surface area contributed by atoms with Crippen LogP contribution in [0, 0.1) is 11.3 Å². The number of hydrogen-bond donors (Lipinski definition) is 2. The minimum atomic E-state index is 0.369. The molecule has 0 bridgehead atoms.